The van der Waals surface area contributed by atoms with E-state index in [1.54, 1.807) is 6.92 Å². The minimum absolute atomic E-state index is 0.126. The molecule has 4 heterocycles. The summed E-state index contributed by atoms with van der Waals surface area (Å²) < 4.78 is 56.7. The molecular weight excluding hydrogens is 575 g/mol. The first kappa shape index (κ1) is 32.5. The van der Waals surface area contributed by atoms with Crippen molar-refractivity contribution in [3.05, 3.63) is 58.9 Å². The molecule has 0 aromatic heterocycles. The minimum atomic E-state index is -4.37. The highest BCUT2D eigenvalue weighted by atomic mass is 19.4. The monoisotopic (exact) mass is 619 g/mol. The Bertz CT molecular complexity index is 1210. The molecule has 4 aliphatic heterocycles. The van der Waals surface area contributed by atoms with Gasteiger partial charge >= 0.3 is 6.18 Å². The second-order valence-electron chi connectivity index (χ2n) is 12.0. The summed E-state index contributed by atoms with van der Waals surface area (Å²) >= 11 is 0. The Labute approximate surface area is 257 Å². The number of halogens is 3. The Morgan fingerprint density at radius 1 is 1.11 bits per heavy atom. The van der Waals surface area contributed by atoms with E-state index in [0.717, 1.165) is 75.7 Å². The van der Waals surface area contributed by atoms with Crippen molar-refractivity contribution in [1.82, 2.24) is 15.1 Å². The van der Waals surface area contributed by atoms with Gasteiger partial charge in [-0.3, -0.25) is 9.69 Å². The molecule has 4 saturated heterocycles. The van der Waals surface area contributed by atoms with Crippen LogP contribution in [-0.4, -0.2) is 92.3 Å². The molecule has 44 heavy (non-hydrogen) atoms. The number of hydrogen-bond donors (Lipinski definition) is 2. The third-order valence-corrected chi connectivity index (χ3v) is 9.31. The number of nitrogens with two attached hydrogens (primary N) is 1. The predicted molar refractivity (Wildman–Crippen MR) is 161 cm³/mol. The molecule has 0 bridgehead atoms. The Balaban J connectivity index is 1.15. The van der Waals surface area contributed by atoms with E-state index in [4.69, 9.17) is 19.9 Å². The summed E-state index contributed by atoms with van der Waals surface area (Å²) in [5.74, 6) is -0.173. The number of ether oxygens (including phenoxy) is 3. The van der Waals surface area contributed by atoms with Crippen molar-refractivity contribution in [1.29, 1.82) is 0 Å². The molecule has 12 heteroatoms. The normalized spacial score (nSPS) is 28.0. The van der Waals surface area contributed by atoms with Gasteiger partial charge < -0.3 is 30.2 Å². The fraction of sp³-hybridized carbons (Fsp3) is 0.625. The van der Waals surface area contributed by atoms with Crippen LogP contribution in [-0.2, 0) is 25.2 Å². The van der Waals surface area contributed by atoms with E-state index < -0.39 is 11.7 Å². The molecule has 5 rings (SSSR count). The van der Waals surface area contributed by atoms with Gasteiger partial charge in [0.1, 0.15) is 5.70 Å². The summed E-state index contributed by atoms with van der Waals surface area (Å²) in [7, 11) is 0. The number of amides is 1. The van der Waals surface area contributed by atoms with Crippen LogP contribution in [0.3, 0.4) is 0 Å². The molecule has 0 spiro atoms. The van der Waals surface area contributed by atoms with Gasteiger partial charge in [0.15, 0.2) is 0 Å². The van der Waals surface area contributed by atoms with E-state index in [-0.39, 0.29) is 29.9 Å². The highest BCUT2D eigenvalue weighted by Gasteiger charge is 2.40. The first-order valence-electron chi connectivity index (χ1n) is 15.6. The average Bonchev–Trinajstić information content (AvgIpc) is 3.05. The number of morpholine rings is 1. The average molecular weight is 620 g/mol. The lowest BCUT2D eigenvalue weighted by atomic mass is 9.95. The van der Waals surface area contributed by atoms with Gasteiger partial charge in [-0.15, -0.1) is 0 Å². The maximum Gasteiger partial charge on any atom is 0.416 e. The van der Waals surface area contributed by atoms with Gasteiger partial charge in [0.25, 0.3) is 5.91 Å². The summed E-state index contributed by atoms with van der Waals surface area (Å²) in [6.45, 7) is 10.7. The standard InChI is InChI=1S/C32H44F3N5O4/c1-21(22(2)37-18-26-4-3-5-28(44-26)23-6-8-24(9-7-23)32(33,34)35)30(38-20-36)31(41)39-13-10-25(11-14-39)40-15-17-43-29-19-42-16-12-27(29)40/h6-9,20,25-29,37H,2-5,10-19H2,1H3,(H2,36,38)/b30-21-/t26-,27+,28+,29-/m1/s1. The van der Waals surface area contributed by atoms with Crippen molar-refractivity contribution in [2.75, 3.05) is 46.0 Å². The van der Waals surface area contributed by atoms with Crippen molar-refractivity contribution >= 4 is 12.2 Å². The predicted octanol–water partition coefficient (Wildman–Crippen LogP) is 4.16. The second-order valence-corrected chi connectivity index (χ2v) is 12.0. The number of alkyl halides is 3. The lowest BCUT2D eigenvalue weighted by Gasteiger charge is -2.49. The van der Waals surface area contributed by atoms with Crippen LogP contribution in [0.15, 0.2) is 52.8 Å². The Hall–Kier alpha value is -2.93. The third-order valence-electron chi connectivity index (χ3n) is 9.31. The quantitative estimate of drug-likeness (QED) is 0.195. The van der Waals surface area contributed by atoms with Crippen LogP contribution in [0.25, 0.3) is 0 Å². The van der Waals surface area contributed by atoms with Crippen molar-refractivity contribution < 1.29 is 32.2 Å². The van der Waals surface area contributed by atoms with Crippen molar-refractivity contribution in [3.8, 4) is 0 Å². The molecule has 0 radical (unpaired) electrons. The molecule has 9 nitrogen and oxygen atoms in total. The molecule has 1 aromatic carbocycles. The number of carbonyl (C=O) groups excluding carboxylic acids is 1. The van der Waals surface area contributed by atoms with Crippen LogP contribution in [0.2, 0.25) is 0 Å². The SMILES string of the molecule is C=C(NC[C@H]1CCC[C@@H](c2ccc(C(F)(F)F)cc2)O1)/C(C)=C(\N=CN)C(=O)N1CCC(N2CCO[C@@H]3COCC[C@@H]32)CC1. The number of nitrogens with zero attached hydrogens (tertiary/aromatic N) is 3. The number of piperidine rings is 1. The highest BCUT2D eigenvalue weighted by Crippen LogP contribution is 2.34. The van der Waals surface area contributed by atoms with Crippen LogP contribution >= 0.6 is 0 Å². The van der Waals surface area contributed by atoms with Crippen LogP contribution in [0, 0.1) is 0 Å². The number of benzene rings is 1. The van der Waals surface area contributed by atoms with E-state index in [1.165, 1.54) is 12.1 Å². The second kappa shape index (κ2) is 14.4. The lowest BCUT2D eigenvalue weighted by molar-refractivity contribution is -0.151. The summed E-state index contributed by atoms with van der Waals surface area (Å²) in [6.07, 6.45) is 1.62. The largest absolute Gasteiger partial charge is 0.416 e. The van der Waals surface area contributed by atoms with Gasteiger partial charge in [-0.1, -0.05) is 18.7 Å². The van der Waals surface area contributed by atoms with E-state index in [9.17, 15) is 18.0 Å². The van der Waals surface area contributed by atoms with E-state index >= 15 is 0 Å². The molecule has 3 N–H and O–H groups in total. The van der Waals surface area contributed by atoms with Crippen LogP contribution < -0.4 is 11.1 Å². The first-order valence-corrected chi connectivity index (χ1v) is 15.6. The maximum absolute atomic E-state index is 13.6. The fourth-order valence-corrected chi connectivity index (χ4v) is 6.80. The van der Waals surface area contributed by atoms with Gasteiger partial charge in [0.2, 0.25) is 0 Å². The summed E-state index contributed by atoms with van der Waals surface area (Å²) in [6, 6.07) is 5.95. The molecular formula is C32H44F3N5O4. The van der Waals surface area contributed by atoms with Crippen molar-refractivity contribution in [2.45, 2.75) is 82.0 Å². The zero-order chi connectivity index (χ0) is 31.3. The van der Waals surface area contributed by atoms with Crippen LogP contribution in [0.1, 0.15) is 62.7 Å². The zero-order valence-corrected chi connectivity index (χ0v) is 25.4. The fourth-order valence-electron chi connectivity index (χ4n) is 6.80. The number of carbonyl (C=O) groups is 1. The number of hydrogen-bond acceptors (Lipinski definition) is 7. The number of rotatable bonds is 8. The zero-order valence-electron chi connectivity index (χ0n) is 25.4. The van der Waals surface area contributed by atoms with Crippen molar-refractivity contribution in [2.24, 2.45) is 10.7 Å². The van der Waals surface area contributed by atoms with E-state index in [0.29, 0.717) is 56.2 Å². The number of likely N-dealkylation sites (tertiary alicyclic amines) is 1. The topological polar surface area (TPSA) is 102 Å². The number of aliphatic imine (C=N–C) groups is 1. The van der Waals surface area contributed by atoms with Crippen LogP contribution in [0.5, 0.6) is 0 Å². The van der Waals surface area contributed by atoms with E-state index in [2.05, 4.69) is 21.8 Å². The van der Waals surface area contributed by atoms with Gasteiger partial charge in [-0.2, -0.15) is 13.2 Å². The number of fused-ring (bicyclic) bond motifs is 1. The number of allylic oxidation sites excluding steroid dienone is 1. The Morgan fingerprint density at radius 2 is 1.86 bits per heavy atom. The molecule has 1 amide bonds. The Kier molecular flexibility index (Phi) is 10.7. The van der Waals surface area contributed by atoms with Gasteiger partial charge in [-0.05, 0) is 63.1 Å². The molecule has 0 aliphatic carbocycles. The minimum Gasteiger partial charge on any atom is -0.390 e. The molecule has 4 fully saturated rings. The van der Waals surface area contributed by atoms with Gasteiger partial charge in [0.05, 0.1) is 43.4 Å². The first-order chi connectivity index (χ1) is 21.2. The Morgan fingerprint density at radius 3 is 2.57 bits per heavy atom. The van der Waals surface area contributed by atoms with E-state index in [1.807, 2.05) is 4.90 Å². The molecule has 1 aromatic rings. The van der Waals surface area contributed by atoms with Crippen molar-refractivity contribution in [3.63, 3.8) is 0 Å². The number of nitrogens with one attached hydrogen (secondary N) is 1. The summed E-state index contributed by atoms with van der Waals surface area (Å²) in [5, 5.41) is 3.29. The van der Waals surface area contributed by atoms with Gasteiger partial charge in [0, 0.05) is 56.1 Å². The molecule has 4 atom stereocenters. The molecule has 0 unspecified atom stereocenters. The highest BCUT2D eigenvalue weighted by molar-refractivity contribution is 5.95. The lowest BCUT2D eigenvalue weighted by Crippen LogP contribution is -2.60. The maximum atomic E-state index is 13.6. The van der Waals surface area contributed by atoms with Gasteiger partial charge in [-0.25, -0.2) is 4.99 Å². The summed E-state index contributed by atoms with van der Waals surface area (Å²) in [5.41, 5.74) is 7.12. The third kappa shape index (κ3) is 7.64. The van der Waals surface area contributed by atoms with Crippen LogP contribution in [0.4, 0.5) is 13.2 Å². The smallest absolute Gasteiger partial charge is 0.390 e. The molecule has 0 saturated carbocycles. The summed E-state index contributed by atoms with van der Waals surface area (Å²) in [4.78, 5) is 22.3. The molecule has 242 valence electrons. The molecule has 4 aliphatic rings.